The van der Waals surface area contributed by atoms with Gasteiger partial charge in [0.15, 0.2) is 0 Å². The van der Waals surface area contributed by atoms with Crippen LogP contribution >= 0.6 is 11.8 Å². The summed E-state index contributed by atoms with van der Waals surface area (Å²) >= 11 is 1.66. The first-order valence-electron chi connectivity index (χ1n) is 5.25. The number of thioether (sulfide) groups is 1. The van der Waals surface area contributed by atoms with Crippen molar-refractivity contribution in [3.63, 3.8) is 0 Å². The van der Waals surface area contributed by atoms with Gasteiger partial charge in [0.05, 0.1) is 5.37 Å². The van der Waals surface area contributed by atoms with Crippen LogP contribution in [0.1, 0.15) is 22.1 Å². The molecule has 1 aromatic carbocycles. The number of rotatable bonds is 2. The fraction of sp³-hybridized carbons (Fsp3) is 0.417. The Bertz CT molecular complexity index is 399. The zero-order chi connectivity index (χ0) is 11.7. The predicted molar refractivity (Wildman–Crippen MR) is 65.7 cm³/mol. The highest BCUT2D eigenvalue weighted by Crippen LogP contribution is 2.33. The Morgan fingerprint density at radius 2 is 2.00 bits per heavy atom. The van der Waals surface area contributed by atoms with E-state index in [4.69, 9.17) is 5.11 Å². The summed E-state index contributed by atoms with van der Waals surface area (Å²) in [6.45, 7) is 4.12. The van der Waals surface area contributed by atoms with Crippen LogP contribution in [0.25, 0.3) is 0 Å². The minimum atomic E-state index is -0.764. The molecule has 0 amide bonds. The van der Waals surface area contributed by atoms with E-state index in [0.29, 0.717) is 5.75 Å². The molecule has 16 heavy (non-hydrogen) atoms. The molecule has 0 aliphatic carbocycles. The Balaban J connectivity index is 2.17. The summed E-state index contributed by atoms with van der Waals surface area (Å²) in [5.74, 6) is -0.133. The maximum absolute atomic E-state index is 10.8. The first-order valence-corrected chi connectivity index (χ1v) is 6.30. The van der Waals surface area contributed by atoms with Crippen molar-refractivity contribution in [3.05, 3.63) is 34.9 Å². The van der Waals surface area contributed by atoms with Crippen molar-refractivity contribution >= 4 is 17.7 Å². The summed E-state index contributed by atoms with van der Waals surface area (Å²) in [6.07, 6.45) is 0. The minimum Gasteiger partial charge on any atom is -0.480 e. The Kier molecular flexibility index (Phi) is 3.21. The van der Waals surface area contributed by atoms with E-state index in [2.05, 4.69) is 37.4 Å². The number of hydrogen-bond acceptors (Lipinski definition) is 3. The molecule has 0 radical (unpaired) electrons. The summed E-state index contributed by atoms with van der Waals surface area (Å²) in [5.41, 5.74) is 3.61. The quantitative estimate of drug-likeness (QED) is 0.827. The van der Waals surface area contributed by atoms with Gasteiger partial charge >= 0.3 is 5.97 Å². The van der Waals surface area contributed by atoms with Crippen molar-refractivity contribution in [1.82, 2.24) is 5.32 Å². The van der Waals surface area contributed by atoms with Gasteiger partial charge in [-0.15, -0.1) is 11.8 Å². The van der Waals surface area contributed by atoms with Gasteiger partial charge in [-0.25, -0.2) is 0 Å². The van der Waals surface area contributed by atoms with Crippen LogP contribution in [0.4, 0.5) is 0 Å². The minimum absolute atomic E-state index is 0.111. The Morgan fingerprint density at radius 1 is 1.38 bits per heavy atom. The van der Waals surface area contributed by atoms with Crippen molar-refractivity contribution in [2.45, 2.75) is 25.3 Å². The van der Waals surface area contributed by atoms with Crippen molar-refractivity contribution in [3.8, 4) is 0 Å². The molecule has 1 heterocycles. The van der Waals surface area contributed by atoms with Crippen LogP contribution < -0.4 is 5.32 Å². The van der Waals surface area contributed by atoms with Crippen LogP contribution in [-0.2, 0) is 4.79 Å². The fourth-order valence-corrected chi connectivity index (χ4v) is 3.18. The summed E-state index contributed by atoms with van der Waals surface area (Å²) in [6, 6.07) is 5.93. The van der Waals surface area contributed by atoms with Crippen molar-refractivity contribution in [2.24, 2.45) is 0 Å². The van der Waals surface area contributed by atoms with Crippen LogP contribution in [-0.4, -0.2) is 22.9 Å². The molecule has 1 fully saturated rings. The van der Waals surface area contributed by atoms with E-state index < -0.39 is 12.0 Å². The van der Waals surface area contributed by atoms with Gasteiger partial charge in [0.25, 0.3) is 0 Å². The van der Waals surface area contributed by atoms with E-state index in [-0.39, 0.29) is 5.37 Å². The number of carbonyl (C=O) groups is 1. The molecule has 3 nitrogen and oxygen atoms in total. The molecule has 1 aromatic rings. The number of carboxylic acids is 1. The third-order valence-corrected chi connectivity index (χ3v) is 3.89. The maximum Gasteiger partial charge on any atom is 0.321 e. The molecular weight excluding hydrogens is 222 g/mol. The SMILES string of the molecule is Cc1cc(C)cc(C2N[C@H](C(=O)O)CS2)c1. The number of aliphatic carboxylic acids is 1. The first-order chi connectivity index (χ1) is 7.56. The molecular formula is C12H15NO2S. The summed E-state index contributed by atoms with van der Waals surface area (Å²) in [7, 11) is 0. The van der Waals surface area contributed by atoms with E-state index in [9.17, 15) is 4.79 Å². The third-order valence-electron chi connectivity index (χ3n) is 2.63. The third kappa shape index (κ3) is 2.39. The molecule has 1 aliphatic rings. The van der Waals surface area contributed by atoms with Crippen LogP contribution in [0, 0.1) is 13.8 Å². The van der Waals surface area contributed by atoms with E-state index in [1.54, 1.807) is 11.8 Å². The second-order valence-electron chi connectivity index (χ2n) is 4.19. The lowest BCUT2D eigenvalue weighted by Crippen LogP contribution is -2.33. The Hall–Kier alpha value is -1.00. The number of aryl methyl sites for hydroxylation is 2. The Morgan fingerprint density at radius 3 is 2.50 bits per heavy atom. The lowest BCUT2D eigenvalue weighted by atomic mass is 10.1. The topological polar surface area (TPSA) is 49.3 Å². The van der Waals surface area contributed by atoms with Crippen LogP contribution in [0.15, 0.2) is 18.2 Å². The lowest BCUT2D eigenvalue weighted by molar-refractivity contribution is -0.138. The molecule has 2 rings (SSSR count). The predicted octanol–water partition coefficient (Wildman–Crippen LogP) is 2.09. The molecule has 0 aromatic heterocycles. The fourth-order valence-electron chi connectivity index (χ4n) is 1.97. The van der Waals surface area contributed by atoms with E-state index in [0.717, 1.165) is 0 Å². The number of carboxylic acid groups (broad SMARTS) is 1. The largest absolute Gasteiger partial charge is 0.480 e. The van der Waals surface area contributed by atoms with Gasteiger partial charge < -0.3 is 5.11 Å². The van der Waals surface area contributed by atoms with Crippen LogP contribution in [0.3, 0.4) is 0 Å². The summed E-state index contributed by atoms with van der Waals surface area (Å²) in [4.78, 5) is 10.8. The second kappa shape index (κ2) is 4.47. The second-order valence-corrected chi connectivity index (χ2v) is 5.33. The smallest absolute Gasteiger partial charge is 0.321 e. The molecule has 4 heteroatoms. The van der Waals surface area contributed by atoms with Gasteiger partial charge in [0.2, 0.25) is 0 Å². The zero-order valence-electron chi connectivity index (χ0n) is 9.36. The van der Waals surface area contributed by atoms with E-state index in [1.165, 1.54) is 16.7 Å². The molecule has 2 atom stereocenters. The van der Waals surface area contributed by atoms with Gasteiger partial charge in [0, 0.05) is 5.75 Å². The van der Waals surface area contributed by atoms with Gasteiger partial charge in [-0.05, 0) is 19.4 Å². The van der Waals surface area contributed by atoms with E-state index >= 15 is 0 Å². The van der Waals surface area contributed by atoms with Gasteiger partial charge in [-0.2, -0.15) is 0 Å². The highest BCUT2D eigenvalue weighted by molar-refractivity contribution is 7.99. The number of nitrogens with one attached hydrogen (secondary N) is 1. The van der Waals surface area contributed by atoms with Crippen molar-refractivity contribution < 1.29 is 9.90 Å². The average Bonchev–Trinajstić information content (AvgIpc) is 2.64. The number of hydrogen-bond donors (Lipinski definition) is 2. The molecule has 2 N–H and O–H groups in total. The van der Waals surface area contributed by atoms with Crippen LogP contribution in [0.5, 0.6) is 0 Å². The normalized spacial score (nSPS) is 24.6. The van der Waals surface area contributed by atoms with E-state index in [1.807, 2.05) is 0 Å². The standard InChI is InChI=1S/C12H15NO2S/c1-7-3-8(2)5-9(4-7)11-13-10(6-16-11)12(14)15/h3-5,10-11,13H,6H2,1-2H3,(H,14,15)/t10-,11?/m0/s1. The first kappa shape index (κ1) is 11.5. The molecule has 1 saturated heterocycles. The molecule has 1 aliphatic heterocycles. The summed E-state index contributed by atoms with van der Waals surface area (Å²) < 4.78 is 0. The Labute approximate surface area is 99.2 Å². The van der Waals surface area contributed by atoms with Gasteiger partial charge in [-0.3, -0.25) is 10.1 Å². The monoisotopic (exact) mass is 237 g/mol. The highest BCUT2D eigenvalue weighted by atomic mass is 32.2. The molecule has 0 saturated carbocycles. The molecule has 0 bridgehead atoms. The van der Waals surface area contributed by atoms with Crippen molar-refractivity contribution in [1.29, 1.82) is 0 Å². The zero-order valence-corrected chi connectivity index (χ0v) is 10.2. The lowest BCUT2D eigenvalue weighted by Gasteiger charge is -2.13. The van der Waals surface area contributed by atoms with Crippen molar-refractivity contribution in [2.75, 3.05) is 5.75 Å². The van der Waals surface area contributed by atoms with Gasteiger partial charge in [-0.1, -0.05) is 29.3 Å². The molecule has 0 spiro atoms. The summed E-state index contributed by atoms with van der Waals surface area (Å²) in [5, 5.41) is 12.1. The number of benzene rings is 1. The highest BCUT2D eigenvalue weighted by Gasteiger charge is 2.30. The molecule has 86 valence electrons. The maximum atomic E-state index is 10.8. The average molecular weight is 237 g/mol. The van der Waals surface area contributed by atoms with Gasteiger partial charge in [0.1, 0.15) is 6.04 Å². The molecule has 1 unspecified atom stereocenters. The van der Waals surface area contributed by atoms with Crippen LogP contribution in [0.2, 0.25) is 0 Å².